The number of ether oxygens (including phenoxy) is 1. The van der Waals surface area contributed by atoms with Crippen LogP contribution in [0.4, 0.5) is 0 Å². The Morgan fingerprint density at radius 1 is 1.21 bits per heavy atom. The van der Waals surface area contributed by atoms with Gasteiger partial charge < -0.3 is 4.74 Å². The average molecular weight is 288 g/mol. The zero-order valence-electron chi connectivity index (χ0n) is 11.6. The second-order valence-electron chi connectivity index (χ2n) is 6.12. The van der Waals surface area contributed by atoms with E-state index in [1.807, 2.05) is 6.92 Å². The average Bonchev–Trinajstić information content (AvgIpc) is 2.97. The minimum atomic E-state index is -3.17. The summed E-state index contributed by atoms with van der Waals surface area (Å²) in [6, 6.07) is 0.538. The first-order valence-corrected chi connectivity index (χ1v) is 9.02. The minimum Gasteiger partial charge on any atom is -0.377 e. The molecule has 3 rings (SSSR count). The third-order valence-corrected chi connectivity index (χ3v) is 6.67. The van der Waals surface area contributed by atoms with Crippen LogP contribution in [0.2, 0.25) is 0 Å². The van der Waals surface area contributed by atoms with Crippen molar-refractivity contribution in [3.05, 3.63) is 0 Å². The van der Waals surface area contributed by atoms with Crippen LogP contribution in [0.25, 0.3) is 0 Å². The van der Waals surface area contributed by atoms with Gasteiger partial charge in [0.25, 0.3) is 0 Å². The molecule has 6 heteroatoms. The highest BCUT2D eigenvalue weighted by molar-refractivity contribution is 7.89. The molecular weight excluding hydrogens is 264 g/mol. The largest absolute Gasteiger partial charge is 0.377 e. The molecule has 0 aromatic carbocycles. The number of hydrogen-bond acceptors (Lipinski definition) is 4. The molecule has 0 spiro atoms. The Morgan fingerprint density at radius 2 is 2.05 bits per heavy atom. The molecule has 3 heterocycles. The van der Waals surface area contributed by atoms with E-state index >= 15 is 0 Å². The number of hydrogen-bond donors (Lipinski definition) is 0. The number of nitrogens with zero attached hydrogens (tertiary/aromatic N) is 2. The SMILES string of the molecule is C[C@@H]1CN2CCC[C@H]2CN1S(=O)(=O)C[C@@H]1CCCO1. The van der Waals surface area contributed by atoms with Crippen molar-refractivity contribution in [2.24, 2.45) is 0 Å². The number of fused-ring (bicyclic) bond motifs is 1. The number of piperazine rings is 1. The molecule has 110 valence electrons. The van der Waals surface area contributed by atoms with Gasteiger partial charge >= 0.3 is 0 Å². The third-order valence-electron chi connectivity index (χ3n) is 4.66. The molecule has 0 N–H and O–H groups in total. The van der Waals surface area contributed by atoms with E-state index in [1.165, 1.54) is 6.42 Å². The molecule has 0 aliphatic carbocycles. The van der Waals surface area contributed by atoms with Gasteiger partial charge in [-0.3, -0.25) is 4.90 Å². The highest BCUT2D eigenvalue weighted by Crippen LogP contribution is 2.27. The quantitative estimate of drug-likeness (QED) is 0.766. The first-order valence-electron chi connectivity index (χ1n) is 7.41. The predicted octanol–water partition coefficient (Wildman–Crippen LogP) is 0.664. The maximum Gasteiger partial charge on any atom is 0.217 e. The van der Waals surface area contributed by atoms with Gasteiger partial charge in [0.1, 0.15) is 0 Å². The lowest BCUT2D eigenvalue weighted by Crippen LogP contribution is -2.57. The molecule has 0 aromatic rings. The van der Waals surface area contributed by atoms with Gasteiger partial charge in [-0.25, -0.2) is 8.42 Å². The highest BCUT2D eigenvalue weighted by atomic mass is 32.2. The fraction of sp³-hybridized carbons (Fsp3) is 1.00. The second-order valence-corrected chi connectivity index (χ2v) is 8.09. The van der Waals surface area contributed by atoms with Gasteiger partial charge in [0, 0.05) is 31.8 Å². The fourth-order valence-electron chi connectivity index (χ4n) is 3.65. The molecule has 3 saturated heterocycles. The Morgan fingerprint density at radius 3 is 2.79 bits per heavy atom. The Labute approximate surface area is 115 Å². The van der Waals surface area contributed by atoms with E-state index in [2.05, 4.69) is 4.90 Å². The van der Waals surface area contributed by atoms with E-state index in [1.54, 1.807) is 4.31 Å². The lowest BCUT2D eigenvalue weighted by Gasteiger charge is -2.41. The van der Waals surface area contributed by atoms with E-state index in [0.29, 0.717) is 19.2 Å². The van der Waals surface area contributed by atoms with E-state index < -0.39 is 10.0 Å². The molecule has 5 nitrogen and oxygen atoms in total. The summed E-state index contributed by atoms with van der Waals surface area (Å²) in [4.78, 5) is 2.45. The van der Waals surface area contributed by atoms with Gasteiger partial charge in [-0.05, 0) is 39.2 Å². The molecule has 3 aliphatic heterocycles. The highest BCUT2D eigenvalue weighted by Gasteiger charge is 2.40. The van der Waals surface area contributed by atoms with Crippen molar-refractivity contribution in [2.45, 2.75) is 50.8 Å². The maximum atomic E-state index is 12.6. The normalized spacial score (nSPS) is 37.6. The second kappa shape index (κ2) is 5.31. The van der Waals surface area contributed by atoms with Crippen LogP contribution in [0, 0.1) is 0 Å². The van der Waals surface area contributed by atoms with Gasteiger partial charge in [-0.1, -0.05) is 0 Å². The molecule has 0 unspecified atom stereocenters. The molecule has 19 heavy (non-hydrogen) atoms. The third kappa shape index (κ3) is 2.82. The Balaban J connectivity index is 1.69. The summed E-state index contributed by atoms with van der Waals surface area (Å²) in [7, 11) is -3.17. The molecule has 3 aliphatic rings. The molecule has 0 bridgehead atoms. The summed E-state index contributed by atoms with van der Waals surface area (Å²) in [5.74, 6) is 0.171. The van der Waals surface area contributed by atoms with E-state index in [-0.39, 0.29) is 17.9 Å². The van der Waals surface area contributed by atoms with Gasteiger partial charge in [0.05, 0.1) is 11.9 Å². The maximum absolute atomic E-state index is 12.6. The van der Waals surface area contributed by atoms with Crippen LogP contribution in [-0.2, 0) is 14.8 Å². The van der Waals surface area contributed by atoms with Gasteiger partial charge in [-0.2, -0.15) is 4.31 Å². The molecule has 0 saturated carbocycles. The summed E-state index contributed by atoms with van der Waals surface area (Å²) < 4.78 is 32.4. The van der Waals surface area contributed by atoms with Gasteiger partial charge in [0.2, 0.25) is 10.0 Å². The van der Waals surface area contributed by atoms with Crippen molar-refractivity contribution >= 4 is 10.0 Å². The van der Waals surface area contributed by atoms with Crippen LogP contribution in [0.1, 0.15) is 32.6 Å². The van der Waals surface area contributed by atoms with Crippen molar-refractivity contribution in [3.8, 4) is 0 Å². The van der Waals surface area contributed by atoms with E-state index in [9.17, 15) is 8.42 Å². The van der Waals surface area contributed by atoms with Crippen LogP contribution in [0.5, 0.6) is 0 Å². The van der Waals surface area contributed by atoms with Crippen LogP contribution in [-0.4, -0.2) is 67.8 Å². The van der Waals surface area contributed by atoms with Gasteiger partial charge in [-0.15, -0.1) is 0 Å². The molecule has 3 atom stereocenters. The monoisotopic (exact) mass is 288 g/mol. The van der Waals surface area contributed by atoms with Crippen molar-refractivity contribution < 1.29 is 13.2 Å². The van der Waals surface area contributed by atoms with Crippen molar-refractivity contribution in [2.75, 3.05) is 32.0 Å². The smallest absolute Gasteiger partial charge is 0.217 e. The molecule has 3 fully saturated rings. The van der Waals surface area contributed by atoms with Crippen molar-refractivity contribution in [1.82, 2.24) is 9.21 Å². The van der Waals surface area contributed by atoms with Crippen molar-refractivity contribution in [1.29, 1.82) is 0 Å². The van der Waals surface area contributed by atoms with E-state index in [0.717, 1.165) is 32.4 Å². The summed E-state index contributed by atoms with van der Waals surface area (Å²) in [5, 5.41) is 0. The minimum absolute atomic E-state index is 0.0844. The summed E-state index contributed by atoms with van der Waals surface area (Å²) in [6.45, 7) is 5.44. The summed E-state index contributed by atoms with van der Waals surface area (Å²) >= 11 is 0. The number of rotatable bonds is 3. The first-order chi connectivity index (χ1) is 9.06. The zero-order valence-corrected chi connectivity index (χ0v) is 12.4. The Hall–Kier alpha value is -0.170. The molecular formula is C13H24N2O3S. The molecule has 0 aromatic heterocycles. The van der Waals surface area contributed by atoms with Crippen LogP contribution in [0.15, 0.2) is 0 Å². The van der Waals surface area contributed by atoms with Gasteiger partial charge in [0.15, 0.2) is 0 Å². The summed E-state index contributed by atoms with van der Waals surface area (Å²) in [6.07, 6.45) is 4.14. The lowest BCUT2D eigenvalue weighted by molar-refractivity contribution is 0.109. The lowest BCUT2D eigenvalue weighted by atomic mass is 10.1. The van der Waals surface area contributed by atoms with E-state index in [4.69, 9.17) is 4.74 Å². The van der Waals surface area contributed by atoms with Crippen LogP contribution >= 0.6 is 0 Å². The zero-order chi connectivity index (χ0) is 13.5. The standard InChI is InChI=1S/C13H24N2O3S/c1-11-8-14-6-2-4-12(14)9-15(11)19(16,17)10-13-5-3-7-18-13/h11-13H,2-10H2,1H3/t11-,12+,13+/m1/s1. The van der Waals surface area contributed by atoms with Crippen LogP contribution < -0.4 is 0 Å². The Kier molecular flexibility index (Phi) is 3.86. The number of sulfonamides is 1. The van der Waals surface area contributed by atoms with Crippen molar-refractivity contribution in [3.63, 3.8) is 0 Å². The molecule has 0 radical (unpaired) electrons. The molecule has 0 amide bonds. The Bertz CT molecular complexity index is 420. The predicted molar refractivity (Wildman–Crippen MR) is 73.5 cm³/mol. The first kappa shape index (κ1) is 13.8. The summed E-state index contributed by atoms with van der Waals surface area (Å²) in [5.41, 5.74) is 0. The fourth-order valence-corrected chi connectivity index (χ4v) is 5.59. The van der Waals surface area contributed by atoms with Crippen LogP contribution in [0.3, 0.4) is 0 Å². The topological polar surface area (TPSA) is 49.9 Å².